The maximum absolute atomic E-state index is 12.4. The Morgan fingerprint density at radius 1 is 0.407 bits per heavy atom. The molecule has 0 saturated carbocycles. The Morgan fingerprint density at radius 3 is 1.17 bits per heavy atom. The lowest BCUT2D eigenvalue weighted by Crippen LogP contribution is -2.22. The van der Waals surface area contributed by atoms with E-state index in [0.29, 0.717) is 32.0 Å². The molecular weight excluding hydrogens is 731 g/mol. The summed E-state index contributed by atoms with van der Waals surface area (Å²) in [5.41, 5.74) is 0. The molecule has 0 spiro atoms. The van der Waals surface area contributed by atoms with Gasteiger partial charge < -0.3 is 19.1 Å². The number of rotatable bonds is 46. The number of carbonyl (C=O) groups excluding carboxylic acids is 2. The summed E-state index contributed by atoms with van der Waals surface area (Å²) in [4.78, 5) is 27.4. The second-order valence-corrected chi connectivity index (χ2v) is 18.9. The zero-order valence-corrected chi connectivity index (χ0v) is 40.3. The van der Waals surface area contributed by atoms with Crippen LogP contribution in [0.25, 0.3) is 0 Å². The number of esters is 2. The highest BCUT2D eigenvalue weighted by molar-refractivity contribution is 5.69. The fraction of sp³-hybridized carbons (Fsp3) is 0.962. The summed E-state index contributed by atoms with van der Waals surface area (Å²) < 4.78 is 17.6. The normalized spacial score (nSPS) is 13.4. The fourth-order valence-electron chi connectivity index (χ4n) is 9.20. The van der Waals surface area contributed by atoms with E-state index in [4.69, 9.17) is 14.2 Å². The third-order valence-corrected chi connectivity index (χ3v) is 13.2. The lowest BCUT2D eigenvalue weighted by Gasteiger charge is -2.18. The van der Waals surface area contributed by atoms with Crippen molar-refractivity contribution in [1.82, 2.24) is 4.90 Å². The molecule has 1 saturated heterocycles. The van der Waals surface area contributed by atoms with E-state index < -0.39 is 0 Å². The van der Waals surface area contributed by atoms with Gasteiger partial charge in [0.2, 0.25) is 0 Å². The minimum atomic E-state index is 0.0129. The molecule has 1 heterocycles. The predicted octanol–water partition coefficient (Wildman–Crippen LogP) is 15.8. The maximum Gasteiger partial charge on any atom is 0.305 e. The molecule has 1 rings (SSSR count). The molecule has 6 nitrogen and oxygen atoms in total. The van der Waals surface area contributed by atoms with Crippen LogP contribution in [0.2, 0.25) is 0 Å². The molecule has 0 aliphatic carbocycles. The van der Waals surface area contributed by atoms with E-state index in [2.05, 4.69) is 32.6 Å². The molecule has 0 bridgehead atoms. The highest BCUT2D eigenvalue weighted by Crippen LogP contribution is 2.24. The molecular formula is C53H103NO5. The predicted molar refractivity (Wildman–Crippen MR) is 253 cm³/mol. The summed E-state index contributed by atoms with van der Waals surface area (Å²) in [5, 5.41) is 0. The van der Waals surface area contributed by atoms with Crippen LogP contribution in [0.15, 0.2) is 0 Å². The van der Waals surface area contributed by atoms with Crippen LogP contribution in [0, 0.1) is 17.8 Å². The molecule has 0 radical (unpaired) electrons. The van der Waals surface area contributed by atoms with Crippen LogP contribution in [-0.2, 0) is 23.8 Å². The van der Waals surface area contributed by atoms with Gasteiger partial charge in [-0.2, -0.15) is 0 Å². The van der Waals surface area contributed by atoms with E-state index in [1.54, 1.807) is 0 Å². The van der Waals surface area contributed by atoms with Crippen molar-refractivity contribution in [2.45, 2.75) is 265 Å². The van der Waals surface area contributed by atoms with Crippen LogP contribution in [0.4, 0.5) is 0 Å². The molecule has 0 atom stereocenters. The molecule has 1 aliphatic heterocycles. The number of ether oxygens (including phenoxy) is 3. The van der Waals surface area contributed by atoms with E-state index in [1.165, 1.54) is 199 Å². The Balaban J connectivity index is 2.21. The molecule has 6 heteroatoms. The van der Waals surface area contributed by atoms with Crippen LogP contribution in [-0.4, -0.2) is 62.9 Å². The maximum atomic E-state index is 12.4. The SMILES string of the molecule is CCCCCC(CCCCC)CCOC(=O)CCCCCCCCC(CCCCCCCCC(=O)OCCC(CCCCC)CCCCC)COCCCN1CCCC1. The Kier molecular flexibility index (Phi) is 41.2. The summed E-state index contributed by atoms with van der Waals surface area (Å²) in [6, 6.07) is 0. The zero-order valence-electron chi connectivity index (χ0n) is 40.3. The number of carbonyl (C=O) groups is 2. The van der Waals surface area contributed by atoms with Crippen molar-refractivity contribution in [2.75, 3.05) is 46.1 Å². The van der Waals surface area contributed by atoms with Crippen LogP contribution in [0.5, 0.6) is 0 Å². The Morgan fingerprint density at radius 2 is 0.763 bits per heavy atom. The van der Waals surface area contributed by atoms with Crippen LogP contribution < -0.4 is 0 Å². The average Bonchev–Trinajstić information content (AvgIpc) is 3.76. The highest BCUT2D eigenvalue weighted by atomic mass is 16.5. The molecule has 350 valence electrons. The highest BCUT2D eigenvalue weighted by Gasteiger charge is 2.14. The van der Waals surface area contributed by atoms with Crippen molar-refractivity contribution in [2.24, 2.45) is 17.8 Å². The first kappa shape index (κ1) is 55.9. The van der Waals surface area contributed by atoms with Gasteiger partial charge in [-0.05, 0) is 88.6 Å². The van der Waals surface area contributed by atoms with Gasteiger partial charge in [0.1, 0.15) is 0 Å². The first-order chi connectivity index (χ1) is 29.0. The third kappa shape index (κ3) is 37.2. The topological polar surface area (TPSA) is 65.1 Å². The van der Waals surface area contributed by atoms with E-state index in [-0.39, 0.29) is 11.9 Å². The molecule has 0 N–H and O–H groups in total. The Hall–Kier alpha value is -1.14. The minimum Gasteiger partial charge on any atom is -0.466 e. The summed E-state index contributed by atoms with van der Waals surface area (Å²) in [6.07, 6.45) is 44.8. The van der Waals surface area contributed by atoms with Gasteiger partial charge in [-0.3, -0.25) is 9.59 Å². The third-order valence-electron chi connectivity index (χ3n) is 13.2. The summed E-state index contributed by atoms with van der Waals surface area (Å²) >= 11 is 0. The van der Waals surface area contributed by atoms with Gasteiger partial charge in [0.25, 0.3) is 0 Å². The van der Waals surface area contributed by atoms with E-state index >= 15 is 0 Å². The van der Waals surface area contributed by atoms with Crippen molar-refractivity contribution < 1.29 is 23.8 Å². The summed E-state index contributed by atoms with van der Waals surface area (Å²) in [6.45, 7) is 15.9. The second-order valence-electron chi connectivity index (χ2n) is 18.9. The van der Waals surface area contributed by atoms with Crippen molar-refractivity contribution >= 4 is 11.9 Å². The van der Waals surface area contributed by atoms with Crippen molar-refractivity contribution in [3.63, 3.8) is 0 Å². The number of hydrogen-bond donors (Lipinski definition) is 0. The van der Waals surface area contributed by atoms with Crippen molar-refractivity contribution in [3.05, 3.63) is 0 Å². The molecule has 0 amide bonds. The Labute approximate surface area is 368 Å². The monoisotopic (exact) mass is 834 g/mol. The molecule has 1 fully saturated rings. The molecule has 59 heavy (non-hydrogen) atoms. The van der Waals surface area contributed by atoms with Gasteiger partial charge in [-0.25, -0.2) is 0 Å². The van der Waals surface area contributed by atoms with Crippen LogP contribution >= 0.6 is 0 Å². The molecule has 0 unspecified atom stereocenters. The first-order valence-electron chi connectivity index (χ1n) is 26.6. The van der Waals surface area contributed by atoms with Gasteiger partial charge in [0.15, 0.2) is 0 Å². The van der Waals surface area contributed by atoms with Gasteiger partial charge >= 0.3 is 11.9 Å². The Bertz CT molecular complexity index is 813. The number of unbranched alkanes of at least 4 members (excludes halogenated alkanes) is 18. The zero-order chi connectivity index (χ0) is 42.7. The lowest BCUT2D eigenvalue weighted by molar-refractivity contribution is -0.145. The number of hydrogen-bond acceptors (Lipinski definition) is 6. The first-order valence-corrected chi connectivity index (χ1v) is 26.6. The lowest BCUT2D eigenvalue weighted by atomic mass is 9.92. The van der Waals surface area contributed by atoms with Gasteiger partial charge in [0.05, 0.1) is 13.2 Å². The van der Waals surface area contributed by atoms with E-state index in [9.17, 15) is 9.59 Å². The standard InChI is InChI=1S/C53H103NO5/c1-5-9-21-32-49(33-22-10-6-2)40-46-58-52(55)38-27-19-15-13-17-25-36-51(48-57-45-31-44-54-42-29-30-43-54)37-26-18-14-16-20-28-39-53(56)59-47-41-50(34-23-11-7-3)35-24-12-8-4/h49-51H,5-48H2,1-4H3. The number of likely N-dealkylation sites (tertiary alicyclic amines) is 1. The average molecular weight is 834 g/mol. The largest absolute Gasteiger partial charge is 0.466 e. The second kappa shape index (κ2) is 43.5. The quantitative estimate of drug-likeness (QED) is 0.0450. The van der Waals surface area contributed by atoms with Crippen molar-refractivity contribution in [1.29, 1.82) is 0 Å². The molecule has 0 aromatic heterocycles. The van der Waals surface area contributed by atoms with E-state index in [1.807, 2.05) is 0 Å². The minimum absolute atomic E-state index is 0.0129. The number of nitrogens with zero attached hydrogens (tertiary/aromatic N) is 1. The van der Waals surface area contributed by atoms with Gasteiger partial charge in [0, 0.05) is 32.6 Å². The fourth-order valence-corrected chi connectivity index (χ4v) is 9.20. The van der Waals surface area contributed by atoms with Gasteiger partial charge in [-0.1, -0.05) is 195 Å². The summed E-state index contributed by atoms with van der Waals surface area (Å²) in [7, 11) is 0. The smallest absolute Gasteiger partial charge is 0.305 e. The van der Waals surface area contributed by atoms with E-state index in [0.717, 1.165) is 70.0 Å². The molecule has 1 aliphatic rings. The van der Waals surface area contributed by atoms with Crippen LogP contribution in [0.1, 0.15) is 265 Å². The molecule has 0 aromatic rings. The summed E-state index contributed by atoms with van der Waals surface area (Å²) in [5.74, 6) is 2.14. The van der Waals surface area contributed by atoms with Crippen molar-refractivity contribution in [3.8, 4) is 0 Å². The van der Waals surface area contributed by atoms with Crippen LogP contribution in [0.3, 0.4) is 0 Å². The van der Waals surface area contributed by atoms with Gasteiger partial charge in [-0.15, -0.1) is 0 Å². The molecule has 0 aromatic carbocycles.